The number of anilines is 1. The molecule has 232 valence electrons. The molecule has 4 amide bonds. The molecule has 0 heterocycles. The van der Waals surface area contributed by atoms with E-state index in [1.54, 1.807) is 51.1 Å². The summed E-state index contributed by atoms with van der Waals surface area (Å²) < 4.78 is 5.42. The van der Waals surface area contributed by atoms with Crippen LogP contribution in [-0.2, 0) is 19.1 Å². The average Bonchev–Trinajstić information content (AvgIpc) is 2.96. The Hall–Kier alpha value is -4.84. The monoisotopic (exact) mass is 598 g/mol. The van der Waals surface area contributed by atoms with Gasteiger partial charge in [-0.2, -0.15) is 0 Å². The molecule has 0 aliphatic heterocycles. The summed E-state index contributed by atoms with van der Waals surface area (Å²) in [6.45, 7) is 10.7. The van der Waals surface area contributed by atoms with Gasteiger partial charge in [-0.1, -0.05) is 61.4 Å². The molecule has 0 fully saturated rings. The van der Waals surface area contributed by atoms with E-state index in [-0.39, 0.29) is 12.8 Å². The van der Waals surface area contributed by atoms with Gasteiger partial charge in [0.25, 0.3) is 5.91 Å². The Morgan fingerprint density at radius 2 is 1.59 bits per heavy atom. The van der Waals surface area contributed by atoms with Gasteiger partial charge in [0.1, 0.15) is 17.7 Å². The maximum absolute atomic E-state index is 14.6. The van der Waals surface area contributed by atoms with Crippen LogP contribution in [0.25, 0.3) is 10.8 Å². The van der Waals surface area contributed by atoms with Crippen molar-refractivity contribution in [1.29, 1.82) is 0 Å². The van der Waals surface area contributed by atoms with Crippen LogP contribution in [0.5, 0.6) is 0 Å². The molecular weight excluding hydrogens is 556 g/mol. The van der Waals surface area contributed by atoms with E-state index >= 15 is 0 Å². The van der Waals surface area contributed by atoms with Crippen LogP contribution < -0.4 is 16.4 Å². The Balaban J connectivity index is 2.15. The Morgan fingerprint density at radius 3 is 2.20 bits per heavy atom. The fourth-order valence-electron chi connectivity index (χ4n) is 4.85. The third-order valence-corrected chi connectivity index (χ3v) is 7.36. The molecule has 0 aromatic heterocycles. The van der Waals surface area contributed by atoms with Crippen LogP contribution in [0.3, 0.4) is 0 Å². The summed E-state index contributed by atoms with van der Waals surface area (Å²) in [5.41, 5.74) is 5.09. The SMILES string of the molecule is C#Cc1ccccc1C(C(=O)Nc1ccc2ccccc2c1)N(C(=O)C(CCC(N)=O)NC(=O)OC(C)(C)C)C(C)(C)CC. The predicted octanol–water partition coefficient (Wildman–Crippen LogP) is 5.68. The number of hydrogen-bond acceptors (Lipinski definition) is 5. The van der Waals surface area contributed by atoms with Crippen molar-refractivity contribution in [3.05, 3.63) is 77.9 Å². The number of primary amides is 1. The number of terminal acetylenes is 1. The second-order valence-corrected chi connectivity index (χ2v) is 12.3. The highest BCUT2D eigenvalue weighted by molar-refractivity contribution is 6.01. The number of fused-ring (bicyclic) bond motifs is 1. The number of hydrogen-bond donors (Lipinski definition) is 3. The minimum absolute atomic E-state index is 0.0977. The minimum Gasteiger partial charge on any atom is -0.444 e. The Kier molecular flexibility index (Phi) is 10.8. The number of benzene rings is 3. The smallest absolute Gasteiger partial charge is 0.408 e. The lowest BCUT2D eigenvalue weighted by atomic mass is 9.89. The van der Waals surface area contributed by atoms with E-state index in [0.717, 1.165) is 10.8 Å². The van der Waals surface area contributed by atoms with Crippen molar-refractivity contribution in [1.82, 2.24) is 10.2 Å². The zero-order chi connectivity index (χ0) is 32.7. The van der Waals surface area contributed by atoms with E-state index in [9.17, 15) is 19.2 Å². The van der Waals surface area contributed by atoms with Gasteiger partial charge in [-0.3, -0.25) is 14.4 Å². The third kappa shape index (κ3) is 8.60. The Labute approximate surface area is 259 Å². The van der Waals surface area contributed by atoms with Crippen molar-refractivity contribution < 1.29 is 23.9 Å². The van der Waals surface area contributed by atoms with Gasteiger partial charge >= 0.3 is 6.09 Å². The first-order chi connectivity index (χ1) is 20.7. The van der Waals surface area contributed by atoms with Gasteiger partial charge in [0, 0.05) is 23.2 Å². The molecule has 0 aliphatic carbocycles. The van der Waals surface area contributed by atoms with Crippen LogP contribution in [0.4, 0.5) is 10.5 Å². The highest BCUT2D eigenvalue weighted by Crippen LogP contribution is 2.35. The number of nitrogens with one attached hydrogen (secondary N) is 2. The molecule has 0 saturated carbocycles. The summed E-state index contributed by atoms with van der Waals surface area (Å²) in [6.07, 6.45) is 5.21. The maximum atomic E-state index is 14.6. The lowest BCUT2D eigenvalue weighted by Gasteiger charge is -2.44. The van der Waals surface area contributed by atoms with Crippen molar-refractivity contribution in [3.63, 3.8) is 0 Å². The molecule has 2 unspecified atom stereocenters. The van der Waals surface area contributed by atoms with Gasteiger partial charge in [-0.05, 0) is 82.0 Å². The second kappa shape index (κ2) is 14.1. The molecule has 44 heavy (non-hydrogen) atoms. The van der Waals surface area contributed by atoms with Crippen molar-refractivity contribution in [2.75, 3.05) is 5.32 Å². The molecule has 0 spiro atoms. The van der Waals surface area contributed by atoms with E-state index < -0.39 is 47.0 Å². The summed E-state index contributed by atoms with van der Waals surface area (Å²) in [6, 6.07) is 17.8. The molecule has 0 aliphatic rings. The lowest BCUT2D eigenvalue weighted by molar-refractivity contribution is -0.148. The molecule has 2 atom stereocenters. The number of carbonyl (C=O) groups is 4. The van der Waals surface area contributed by atoms with Gasteiger partial charge in [0.15, 0.2) is 0 Å². The van der Waals surface area contributed by atoms with Crippen LogP contribution in [0.1, 0.15) is 78.0 Å². The normalized spacial score (nSPS) is 12.8. The standard InChI is InChI=1S/C35H42N4O5/c1-8-23-14-12-13-17-27(23)30(31(41)37-26-19-18-24-15-10-11-16-25(24)22-26)39(35(6,7)9-2)32(42)28(20-21-29(36)40)38-33(43)44-34(3,4)5/h1,10-19,22,28,30H,9,20-21H2,2-7H3,(H2,36,40)(H,37,41)(H,38,43). The third-order valence-electron chi connectivity index (χ3n) is 7.36. The topological polar surface area (TPSA) is 131 Å². The zero-order valence-corrected chi connectivity index (χ0v) is 26.3. The van der Waals surface area contributed by atoms with Gasteiger partial charge in [-0.15, -0.1) is 6.42 Å². The average molecular weight is 599 g/mol. The molecular formula is C35H42N4O5. The van der Waals surface area contributed by atoms with Gasteiger partial charge < -0.3 is 26.0 Å². The molecule has 3 aromatic carbocycles. The maximum Gasteiger partial charge on any atom is 0.408 e. The van der Waals surface area contributed by atoms with Crippen LogP contribution in [0.15, 0.2) is 66.7 Å². The molecule has 4 N–H and O–H groups in total. The first kappa shape index (κ1) is 33.7. The van der Waals surface area contributed by atoms with Crippen molar-refractivity contribution >= 4 is 40.3 Å². The van der Waals surface area contributed by atoms with E-state index in [1.165, 1.54) is 4.90 Å². The van der Waals surface area contributed by atoms with Crippen molar-refractivity contribution in [2.24, 2.45) is 5.73 Å². The van der Waals surface area contributed by atoms with Gasteiger partial charge in [-0.25, -0.2) is 4.79 Å². The minimum atomic E-state index is -1.22. The molecule has 0 saturated heterocycles. The molecule has 9 nitrogen and oxygen atoms in total. The number of nitrogens with two attached hydrogens (primary N) is 1. The van der Waals surface area contributed by atoms with E-state index in [2.05, 4.69) is 16.6 Å². The number of amides is 4. The summed E-state index contributed by atoms with van der Waals surface area (Å²) >= 11 is 0. The Bertz CT molecular complexity index is 1570. The van der Waals surface area contributed by atoms with Crippen LogP contribution in [-0.4, -0.2) is 45.9 Å². The number of ether oxygens (including phenoxy) is 1. The highest BCUT2D eigenvalue weighted by Gasteiger charge is 2.43. The molecule has 0 bridgehead atoms. The quantitative estimate of drug-likeness (QED) is 0.245. The second-order valence-electron chi connectivity index (χ2n) is 12.3. The molecule has 3 aromatic rings. The largest absolute Gasteiger partial charge is 0.444 e. The zero-order valence-electron chi connectivity index (χ0n) is 26.3. The number of rotatable bonds is 11. The first-order valence-corrected chi connectivity index (χ1v) is 14.6. The fraction of sp³-hybridized carbons (Fsp3) is 0.371. The van der Waals surface area contributed by atoms with Gasteiger partial charge in [0.2, 0.25) is 11.8 Å². The predicted molar refractivity (Wildman–Crippen MR) is 172 cm³/mol. The molecule has 0 radical (unpaired) electrons. The summed E-state index contributed by atoms with van der Waals surface area (Å²) in [5, 5.41) is 7.55. The van der Waals surface area contributed by atoms with Crippen LogP contribution in [0.2, 0.25) is 0 Å². The molecule has 9 heteroatoms. The summed E-state index contributed by atoms with van der Waals surface area (Å²) in [5.74, 6) is 0.915. The van der Waals surface area contributed by atoms with Crippen molar-refractivity contribution in [2.45, 2.75) is 84.0 Å². The fourth-order valence-corrected chi connectivity index (χ4v) is 4.85. The summed E-state index contributed by atoms with van der Waals surface area (Å²) in [7, 11) is 0. The van der Waals surface area contributed by atoms with Crippen molar-refractivity contribution in [3.8, 4) is 12.3 Å². The van der Waals surface area contributed by atoms with Crippen LogP contribution in [0, 0.1) is 12.3 Å². The van der Waals surface area contributed by atoms with E-state index in [1.807, 2.05) is 57.2 Å². The van der Waals surface area contributed by atoms with E-state index in [0.29, 0.717) is 23.2 Å². The molecule has 3 rings (SSSR count). The highest BCUT2D eigenvalue weighted by atomic mass is 16.6. The number of carbonyl (C=O) groups excluding carboxylic acids is 4. The van der Waals surface area contributed by atoms with Gasteiger partial charge in [0.05, 0.1) is 0 Å². The number of nitrogens with zero attached hydrogens (tertiary/aromatic N) is 1. The van der Waals surface area contributed by atoms with E-state index in [4.69, 9.17) is 16.9 Å². The lowest BCUT2D eigenvalue weighted by Crippen LogP contribution is -2.59. The number of alkyl carbamates (subject to hydrolysis) is 1. The van der Waals surface area contributed by atoms with Crippen LogP contribution >= 0.6 is 0 Å². The summed E-state index contributed by atoms with van der Waals surface area (Å²) in [4.78, 5) is 55.0. The Morgan fingerprint density at radius 1 is 0.955 bits per heavy atom. The first-order valence-electron chi connectivity index (χ1n) is 14.6.